The maximum absolute atomic E-state index is 9.80. The normalized spacial score (nSPS) is 14.2. The average molecular weight is 1300 g/mol. The average Bonchev–Trinajstić information content (AvgIpc) is 1.19. The van der Waals surface area contributed by atoms with E-state index in [2.05, 4.69) is 262 Å². The molecule has 2 aliphatic rings. The number of rotatable bonds is 7. The minimum atomic E-state index is -0.500. The van der Waals surface area contributed by atoms with Crippen molar-refractivity contribution in [3.63, 3.8) is 0 Å². The second kappa shape index (κ2) is 21.4. The summed E-state index contributed by atoms with van der Waals surface area (Å²) in [6.07, 6.45) is 3.82. The third-order valence-corrected chi connectivity index (χ3v) is 22.0. The van der Waals surface area contributed by atoms with Crippen molar-refractivity contribution in [1.82, 2.24) is 14.1 Å². The number of fused-ring (bicyclic) bond motifs is 17. The van der Waals surface area contributed by atoms with Crippen molar-refractivity contribution in [3.8, 4) is 44.8 Å². The van der Waals surface area contributed by atoms with Crippen LogP contribution < -0.4 is 26.2 Å². The molecule has 0 spiro atoms. The van der Waals surface area contributed by atoms with E-state index in [1.807, 2.05) is 36.7 Å². The molecule has 0 saturated carbocycles. The molecule has 0 saturated heterocycles. The van der Waals surface area contributed by atoms with Crippen LogP contribution in [0.4, 0.5) is 34.1 Å². The highest BCUT2D eigenvalue weighted by Crippen LogP contribution is 2.54. The fraction of sp³-hybridized carbons (Fsp3) is 0.0879. The van der Waals surface area contributed by atoms with Gasteiger partial charge in [-0.3, -0.25) is 4.98 Å². The van der Waals surface area contributed by atoms with Gasteiger partial charge in [0.25, 0.3) is 6.71 Å². The van der Waals surface area contributed by atoms with Crippen LogP contribution in [0, 0.1) is 0 Å². The number of thiophene rings is 1. The third-order valence-electron chi connectivity index (χ3n) is 20.8. The van der Waals surface area contributed by atoms with Crippen molar-refractivity contribution in [1.29, 1.82) is 0 Å². The summed E-state index contributed by atoms with van der Waals surface area (Å²) < 4.78 is 88.1. The summed E-state index contributed by atoms with van der Waals surface area (Å²) in [6.45, 7) is 13.0. The fourth-order valence-electron chi connectivity index (χ4n) is 16.1. The smallest absolute Gasteiger partial charge is 0.252 e. The first-order valence-corrected chi connectivity index (χ1v) is 34.6. The lowest BCUT2D eigenvalue weighted by molar-refractivity contribution is 0.590. The molecule has 5 aromatic heterocycles. The number of aromatic nitrogens is 3. The van der Waals surface area contributed by atoms with Crippen LogP contribution in [0.25, 0.3) is 130 Å². The quantitative estimate of drug-likeness (QED) is 0.149. The molecule has 18 aromatic rings. The Balaban J connectivity index is 0.971. The molecule has 0 fully saturated rings. The van der Waals surface area contributed by atoms with Gasteiger partial charge in [-0.15, -0.1) is 11.3 Å². The minimum Gasteiger partial charge on any atom is -0.456 e. The van der Waals surface area contributed by atoms with Gasteiger partial charge in [-0.1, -0.05) is 217 Å². The first-order chi connectivity index (χ1) is 51.7. The number of anilines is 6. The number of para-hydroxylation sites is 4. The van der Waals surface area contributed by atoms with Crippen molar-refractivity contribution in [3.05, 3.63) is 302 Å². The van der Waals surface area contributed by atoms with Crippen LogP contribution in [0.3, 0.4) is 0 Å². The number of furan rings is 1. The van der Waals surface area contributed by atoms with Gasteiger partial charge in [-0.25, -0.2) is 0 Å². The Bertz CT molecular complexity index is 6800. The van der Waals surface area contributed by atoms with Gasteiger partial charge in [0, 0.05) is 104 Å². The third kappa shape index (κ3) is 8.65. The first-order valence-electron chi connectivity index (χ1n) is 37.8. The summed E-state index contributed by atoms with van der Waals surface area (Å²) in [6, 6.07) is 79.4. The molecule has 7 heterocycles. The van der Waals surface area contributed by atoms with Crippen LogP contribution in [0.2, 0.25) is 0 Å². The summed E-state index contributed by atoms with van der Waals surface area (Å²) in [7, 11) is 0. The molecule has 0 aliphatic carbocycles. The lowest BCUT2D eigenvalue weighted by atomic mass is 9.33. The van der Waals surface area contributed by atoms with Crippen molar-refractivity contribution in [2.75, 3.05) is 9.80 Å². The zero-order valence-electron chi connectivity index (χ0n) is 63.2. The van der Waals surface area contributed by atoms with Gasteiger partial charge in [-0.2, -0.15) is 0 Å². The SMILES string of the molecule is [2H]c1c([2H])c([2H])c2c(c1[2H])c1c([2H])c([2H])c([2H])c([2H])c1n2-c1ccc2c(c1)N(c1ccc(C(C)(C)C)cc1-c1ccccc1)c1cc(-c3cccc4c3sc3ccc5oc6ccccc6c5c34)cc3c1B2c1ccc(-n2c4ccccc4c4ccncc42)cc1N3c1ccc(C(C)(C)C)cc1-c1ccccc1. The van der Waals surface area contributed by atoms with Gasteiger partial charge in [0.1, 0.15) is 11.2 Å². The van der Waals surface area contributed by atoms with Crippen LogP contribution in [0.5, 0.6) is 0 Å². The predicted octanol–water partition coefficient (Wildman–Crippen LogP) is 23.2. The minimum absolute atomic E-state index is 0.00924. The Morgan fingerprint density at radius 3 is 1.56 bits per heavy atom. The van der Waals surface area contributed by atoms with Gasteiger partial charge in [0.2, 0.25) is 0 Å². The van der Waals surface area contributed by atoms with Crippen LogP contribution in [0.15, 0.2) is 296 Å². The van der Waals surface area contributed by atoms with Crippen LogP contribution in [-0.2, 0) is 10.8 Å². The second-order valence-electron chi connectivity index (χ2n) is 28.4. The van der Waals surface area contributed by atoms with Gasteiger partial charge in [0.15, 0.2) is 0 Å². The van der Waals surface area contributed by atoms with Crippen LogP contribution >= 0.6 is 11.3 Å². The van der Waals surface area contributed by atoms with E-state index in [0.717, 1.165) is 159 Å². The highest BCUT2D eigenvalue weighted by Gasteiger charge is 2.45. The largest absolute Gasteiger partial charge is 0.456 e. The fourth-order valence-corrected chi connectivity index (χ4v) is 17.4. The van der Waals surface area contributed by atoms with Gasteiger partial charge < -0.3 is 23.4 Å². The summed E-state index contributed by atoms with van der Waals surface area (Å²) in [5, 5.41) is 6.60. The van der Waals surface area contributed by atoms with Crippen molar-refractivity contribution < 1.29 is 15.4 Å². The molecule has 0 N–H and O–H groups in total. The maximum Gasteiger partial charge on any atom is 0.252 e. The summed E-state index contributed by atoms with van der Waals surface area (Å²) >= 11 is 1.78. The lowest BCUT2D eigenvalue weighted by Crippen LogP contribution is -2.61. The van der Waals surface area contributed by atoms with Crippen LogP contribution in [0.1, 0.15) is 63.6 Å². The molecular weight excluding hydrogens is 1220 g/mol. The summed E-state index contributed by atoms with van der Waals surface area (Å²) in [4.78, 5) is 9.70. The number of pyridine rings is 1. The van der Waals surface area contributed by atoms with Gasteiger partial charge >= 0.3 is 0 Å². The predicted molar refractivity (Wildman–Crippen MR) is 421 cm³/mol. The zero-order chi connectivity index (χ0) is 73.1. The standard InChI is InChI=1S/C91H66BN5OS/c1-90(2,3)58-36-42-76(69(50-58)55-22-9-7-10-23-55)96-78-52-60(94-73-32-17-13-26-63(73)64-27-14-18-33-74(64)94)38-40-71(78)92-72-41-39-61(95-75-34-19-15-28-65(75)66-46-47-93-54-82(66)95)53-79(72)97(77-43-37-59(91(4,5)6)51-70(77)56-24-11-8-12-25-56)81-49-57(48-80(96)88(81)92)62-30-21-31-68-87-85(99-89(62)68)45-44-84-86(87)67-29-16-20-35-83(67)98-84/h7-54H,1-6H3/i13D,14D,17D,18D,26D,27D,32D,33D. The van der Waals surface area contributed by atoms with Crippen molar-refractivity contribution in [2.24, 2.45) is 0 Å². The molecule has 0 bridgehead atoms. The molecule has 6 nitrogen and oxygen atoms in total. The number of nitrogens with zero attached hydrogens (tertiary/aromatic N) is 5. The molecule has 8 heteroatoms. The Morgan fingerprint density at radius 2 is 0.939 bits per heavy atom. The number of hydrogen-bond donors (Lipinski definition) is 0. The van der Waals surface area contributed by atoms with E-state index < -0.39 is 43.0 Å². The Kier molecular flexibility index (Phi) is 10.8. The van der Waals surface area contributed by atoms with Gasteiger partial charge in [0.05, 0.1) is 50.6 Å². The van der Waals surface area contributed by atoms with E-state index in [-0.39, 0.29) is 44.7 Å². The van der Waals surface area contributed by atoms with Crippen LogP contribution in [-0.4, -0.2) is 20.8 Å². The molecule has 470 valence electrons. The Morgan fingerprint density at radius 1 is 0.394 bits per heavy atom. The molecule has 0 amide bonds. The summed E-state index contributed by atoms with van der Waals surface area (Å²) in [5.74, 6) is 0. The maximum atomic E-state index is 9.80. The van der Waals surface area contributed by atoms with E-state index >= 15 is 0 Å². The molecule has 20 rings (SSSR count). The molecule has 99 heavy (non-hydrogen) atoms. The molecule has 0 unspecified atom stereocenters. The molecule has 13 aromatic carbocycles. The zero-order valence-corrected chi connectivity index (χ0v) is 56.0. The molecule has 0 radical (unpaired) electrons. The first kappa shape index (κ1) is 49.8. The summed E-state index contributed by atoms with van der Waals surface area (Å²) in [5.41, 5.74) is 21.4. The van der Waals surface area contributed by atoms with E-state index in [9.17, 15) is 8.22 Å². The van der Waals surface area contributed by atoms with E-state index in [1.165, 1.54) is 5.56 Å². The number of hydrogen-bond acceptors (Lipinski definition) is 5. The van der Waals surface area contributed by atoms with E-state index in [0.29, 0.717) is 5.69 Å². The Labute approximate surface area is 589 Å². The number of benzene rings is 13. The second-order valence-corrected chi connectivity index (χ2v) is 29.5. The highest BCUT2D eigenvalue weighted by atomic mass is 32.1. The van der Waals surface area contributed by atoms with Gasteiger partial charge in [-0.05, 0) is 164 Å². The molecule has 0 atom stereocenters. The van der Waals surface area contributed by atoms with Crippen molar-refractivity contribution >= 4 is 154 Å². The molecular formula is C91H66BN5OS. The van der Waals surface area contributed by atoms with E-state index in [1.54, 1.807) is 15.9 Å². The van der Waals surface area contributed by atoms with Crippen molar-refractivity contribution in [2.45, 2.75) is 52.4 Å². The Hall–Kier alpha value is -11.7. The molecule has 2 aliphatic heterocycles. The highest BCUT2D eigenvalue weighted by molar-refractivity contribution is 7.26. The van der Waals surface area contributed by atoms with E-state index in [4.69, 9.17) is 12.1 Å². The monoisotopic (exact) mass is 1300 g/mol. The lowest BCUT2D eigenvalue weighted by Gasteiger charge is -2.45. The topological polar surface area (TPSA) is 42.4 Å².